The zero-order valence-electron chi connectivity index (χ0n) is 11.7. The monoisotopic (exact) mass is 312 g/mol. The number of aliphatic carboxylic acids is 1. The van der Waals surface area contributed by atoms with Crippen molar-refractivity contribution >= 4 is 12.0 Å². The first-order valence-electron chi connectivity index (χ1n) is 6.59. The number of carboxylic acid groups (broad SMARTS) is 1. The number of methoxy groups -OCH3 is 1. The van der Waals surface area contributed by atoms with E-state index >= 15 is 0 Å². The zero-order chi connectivity index (χ0) is 16.0. The Labute approximate surface area is 120 Å². The number of piperidine rings is 1. The van der Waals surface area contributed by atoms with Gasteiger partial charge in [0, 0.05) is 33.2 Å². The Kier molecular flexibility index (Phi) is 6.25. The summed E-state index contributed by atoms with van der Waals surface area (Å²) in [6, 6.07) is -1.96. The van der Waals surface area contributed by atoms with Crippen molar-refractivity contribution in [2.75, 3.05) is 26.8 Å². The molecule has 6 nitrogen and oxygen atoms in total. The average Bonchev–Trinajstić information content (AvgIpc) is 2.42. The predicted octanol–water partition coefficient (Wildman–Crippen LogP) is 1.46. The van der Waals surface area contributed by atoms with Gasteiger partial charge in [-0.3, -0.25) is 0 Å². The fourth-order valence-corrected chi connectivity index (χ4v) is 2.16. The molecule has 0 aliphatic carbocycles. The summed E-state index contributed by atoms with van der Waals surface area (Å²) in [4.78, 5) is 23.9. The molecule has 0 saturated carbocycles. The molecule has 2 N–H and O–H groups in total. The van der Waals surface area contributed by atoms with E-state index in [1.807, 2.05) is 0 Å². The van der Waals surface area contributed by atoms with Gasteiger partial charge in [0.05, 0.1) is 5.92 Å². The first-order valence-corrected chi connectivity index (χ1v) is 6.59. The smallest absolute Gasteiger partial charge is 0.393 e. The normalized spacial score (nSPS) is 21.0. The number of rotatable bonds is 5. The molecule has 0 aromatic heterocycles. The summed E-state index contributed by atoms with van der Waals surface area (Å²) in [5, 5.41) is 11.2. The van der Waals surface area contributed by atoms with Crippen molar-refractivity contribution in [2.45, 2.75) is 31.5 Å². The summed E-state index contributed by atoms with van der Waals surface area (Å²) in [6.45, 7) is -0.122. The fourth-order valence-electron chi connectivity index (χ4n) is 2.16. The molecule has 122 valence electrons. The highest BCUT2D eigenvalue weighted by molar-refractivity contribution is 5.82. The van der Waals surface area contributed by atoms with Gasteiger partial charge in [-0.05, 0) is 12.8 Å². The van der Waals surface area contributed by atoms with E-state index < -0.39 is 36.7 Å². The third-order valence-electron chi connectivity index (χ3n) is 3.38. The van der Waals surface area contributed by atoms with Gasteiger partial charge in [0.2, 0.25) is 0 Å². The summed E-state index contributed by atoms with van der Waals surface area (Å²) in [5.41, 5.74) is 0. The largest absolute Gasteiger partial charge is 0.480 e. The average molecular weight is 312 g/mol. The highest BCUT2D eigenvalue weighted by Crippen LogP contribution is 2.33. The van der Waals surface area contributed by atoms with E-state index in [9.17, 15) is 22.8 Å². The van der Waals surface area contributed by atoms with E-state index in [2.05, 4.69) is 5.32 Å². The molecule has 1 fully saturated rings. The quantitative estimate of drug-likeness (QED) is 0.805. The number of ether oxygens (including phenoxy) is 1. The molecule has 1 heterocycles. The Morgan fingerprint density at radius 1 is 1.48 bits per heavy atom. The molecule has 0 aromatic carbocycles. The molecule has 2 amide bonds. The minimum absolute atomic E-state index is 0.0146. The minimum Gasteiger partial charge on any atom is -0.480 e. The number of nitrogens with one attached hydrogen (secondary N) is 1. The lowest BCUT2D eigenvalue weighted by Crippen LogP contribution is -2.52. The number of carbonyl (C=O) groups is 2. The number of halogens is 3. The SMILES string of the molecule is COCCC(NC(=O)N1CCCC(C(F)(F)F)C1)C(=O)O. The number of urea groups is 1. The lowest BCUT2D eigenvalue weighted by Gasteiger charge is -2.34. The van der Waals surface area contributed by atoms with E-state index in [1.165, 1.54) is 7.11 Å². The molecular weight excluding hydrogens is 293 g/mol. The number of likely N-dealkylation sites (tertiary alicyclic amines) is 1. The van der Waals surface area contributed by atoms with Gasteiger partial charge < -0.3 is 20.1 Å². The van der Waals surface area contributed by atoms with Crippen molar-refractivity contribution in [1.29, 1.82) is 0 Å². The maximum atomic E-state index is 12.7. The van der Waals surface area contributed by atoms with Gasteiger partial charge in [-0.15, -0.1) is 0 Å². The first-order chi connectivity index (χ1) is 9.75. The van der Waals surface area contributed by atoms with Crippen molar-refractivity contribution in [2.24, 2.45) is 5.92 Å². The molecular formula is C12H19F3N2O4. The van der Waals surface area contributed by atoms with Gasteiger partial charge in [-0.1, -0.05) is 0 Å². The van der Waals surface area contributed by atoms with Crippen LogP contribution in [0.15, 0.2) is 0 Å². The summed E-state index contributed by atoms with van der Waals surface area (Å²) in [6.07, 6.45) is -4.07. The molecule has 1 aliphatic heterocycles. The molecule has 2 atom stereocenters. The second-order valence-corrected chi connectivity index (χ2v) is 4.95. The van der Waals surface area contributed by atoms with E-state index in [-0.39, 0.29) is 32.4 Å². The minimum atomic E-state index is -4.35. The van der Waals surface area contributed by atoms with Gasteiger partial charge >= 0.3 is 18.2 Å². The highest BCUT2D eigenvalue weighted by atomic mass is 19.4. The number of carbonyl (C=O) groups excluding carboxylic acids is 1. The number of amides is 2. The first kappa shape index (κ1) is 17.5. The van der Waals surface area contributed by atoms with Crippen LogP contribution >= 0.6 is 0 Å². The number of carboxylic acids is 1. The topological polar surface area (TPSA) is 78.9 Å². The number of alkyl halides is 3. The Bertz CT molecular complexity index is 376. The third kappa shape index (κ3) is 5.41. The number of hydrogen-bond donors (Lipinski definition) is 2. The standard InChI is InChI=1S/C12H19F3N2O4/c1-21-6-4-9(10(18)19)16-11(20)17-5-2-3-8(7-17)12(13,14)15/h8-9H,2-7H2,1H3,(H,16,20)(H,18,19). The molecule has 1 aliphatic rings. The van der Waals surface area contributed by atoms with Crippen LogP contribution in [0.25, 0.3) is 0 Å². The molecule has 0 radical (unpaired) electrons. The van der Waals surface area contributed by atoms with Crippen molar-refractivity contribution in [3.8, 4) is 0 Å². The van der Waals surface area contributed by atoms with Gasteiger partial charge in [0.1, 0.15) is 6.04 Å². The van der Waals surface area contributed by atoms with Crippen LogP contribution in [0.2, 0.25) is 0 Å². The van der Waals surface area contributed by atoms with E-state index in [0.717, 1.165) is 4.90 Å². The highest BCUT2D eigenvalue weighted by Gasteiger charge is 2.42. The van der Waals surface area contributed by atoms with Gasteiger partial charge in [0.25, 0.3) is 0 Å². The van der Waals surface area contributed by atoms with Gasteiger partial charge in [-0.25, -0.2) is 9.59 Å². The molecule has 1 saturated heterocycles. The Balaban J connectivity index is 2.59. The van der Waals surface area contributed by atoms with Crippen LogP contribution < -0.4 is 5.32 Å². The van der Waals surface area contributed by atoms with Crippen molar-refractivity contribution in [3.05, 3.63) is 0 Å². The molecule has 21 heavy (non-hydrogen) atoms. The van der Waals surface area contributed by atoms with Gasteiger partial charge in [-0.2, -0.15) is 13.2 Å². The Morgan fingerprint density at radius 3 is 2.67 bits per heavy atom. The molecule has 0 bridgehead atoms. The number of nitrogens with zero attached hydrogens (tertiary/aromatic N) is 1. The molecule has 2 unspecified atom stereocenters. The maximum Gasteiger partial charge on any atom is 0.393 e. The van der Waals surface area contributed by atoms with Crippen LogP contribution in [-0.2, 0) is 9.53 Å². The lowest BCUT2D eigenvalue weighted by molar-refractivity contribution is -0.184. The van der Waals surface area contributed by atoms with Crippen LogP contribution in [-0.4, -0.2) is 61.0 Å². The Hall–Kier alpha value is -1.51. The molecule has 0 aromatic rings. The van der Waals surface area contributed by atoms with E-state index in [0.29, 0.717) is 0 Å². The fraction of sp³-hybridized carbons (Fsp3) is 0.833. The van der Waals surface area contributed by atoms with Crippen LogP contribution in [0.5, 0.6) is 0 Å². The van der Waals surface area contributed by atoms with Crippen LogP contribution in [0.1, 0.15) is 19.3 Å². The summed E-state index contributed by atoms with van der Waals surface area (Å²) < 4.78 is 42.7. The zero-order valence-corrected chi connectivity index (χ0v) is 11.7. The van der Waals surface area contributed by atoms with E-state index in [4.69, 9.17) is 9.84 Å². The summed E-state index contributed by atoms with van der Waals surface area (Å²) >= 11 is 0. The molecule has 0 spiro atoms. The summed E-state index contributed by atoms with van der Waals surface area (Å²) in [5.74, 6) is -2.80. The maximum absolute atomic E-state index is 12.7. The van der Waals surface area contributed by atoms with Crippen LogP contribution in [0.3, 0.4) is 0 Å². The van der Waals surface area contributed by atoms with Crippen molar-refractivity contribution in [3.63, 3.8) is 0 Å². The van der Waals surface area contributed by atoms with Crippen LogP contribution in [0.4, 0.5) is 18.0 Å². The summed E-state index contributed by atoms with van der Waals surface area (Å²) in [7, 11) is 1.39. The van der Waals surface area contributed by atoms with E-state index in [1.54, 1.807) is 0 Å². The molecule has 9 heteroatoms. The second kappa shape index (κ2) is 7.48. The second-order valence-electron chi connectivity index (χ2n) is 4.95. The number of hydrogen-bond acceptors (Lipinski definition) is 3. The van der Waals surface area contributed by atoms with Crippen molar-refractivity contribution < 1.29 is 32.6 Å². The lowest BCUT2D eigenvalue weighted by atomic mass is 9.98. The Morgan fingerprint density at radius 2 is 2.14 bits per heavy atom. The predicted molar refractivity (Wildman–Crippen MR) is 66.8 cm³/mol. The molecule has 1 rings (SSSR count). The van der Waals surface area contributed by atoms with Crippen LogP contribution in [0, 0.1) is 5.92 Å². The third-order valence-corrected chi connectivity index (χ3v) is 3.38. The van der Waals surface area contributed by atoms with Crippen molar-refractivity contribution in [1.82, 2.24) is 10.2 Å². The van der Waals surface area contributed by atoms with Gasteiger partial charge in [0.15, 0.2) is 0 Å².